The van der Waals surface area contributed by atoms with Gasteiger partial charge in [-0.25, -0.2) is 9.48 Å². The molecule has 0 fully saturated rings. The number of aliphatic hydroxyl groups excluding tert-OH is 1. The van der Waals surface area contributed by atoms with Crippen LogP contribution in [0.25, 0.3) is 0 Å². The largest absolute Gasteiger partial charge is 0.444 e. The third-order valence-corrected chi connectivity index (χ3v) is 2.79. The van der Waals surface area contributed by atoms with Crippen molar-refractivity contribution in [1.29, 1.82) is 0 Å². The average molecular weight is 326 g/mol. The highest BCUT2D eigenvalue weighted by molar-refractivity contribution is 5.67. The van der Waals surface area contributed by atoms with Crippen LogP contribution in [0.4, 0.5) is 10.5 Å². The van der Waals surface area contributed by atoms with Gasteiger partial charge in [0.25, 0.3) is 5.56 Å². The van der Waals surface area contributed by atoms with Crippen molar-refractivity contribution in [3.63, 3.8) is 0 Å². The highest BCUT2D eigenvalue weighted by atomic mass is 16.6. The lowest BCUT2D eigenvalue weighted by atomic mass is 10.2. The first kappa shape index (κ1) is 19.0. The molecule has 0 saturated heterocycles. The number of carbonyl (C=O) groups excluding carboxylic acids is 1. The summed E-state index contributed by atoms with van der Waals surface area (Å²) in [5, 5.41) is 16.3. The summed E-state index contributed by atoms with van der Waals surface area (Å²) in [4.78, 5) is 25.0. The third-order valence-electron chi connectivity index (χ3n) is 2.79. The molecule has 1 aromatic heterocycles. The average Bonchev–Trinajstić information content (AvgIpc) is 2.39. The van der Waals surface area contributed by atoms with Gasteiger partial charge in [-0.2, -0.15) is 5.10 Å². The lowest BCUT2D eigenvalue weighted by molar-refractivity contribution is 0.0305. The number of nitrogens with one attached hydrogen (secondary N) is 1. The zero-order valence-corrected chi connectivity index (χ0v) is 14.4. The van der Waals surface area contributed by atoms with E-state index in [0.29, 0.717) is 18.8 Å². The molecule has 0 radical (unpaired) electrons. The van der Waals surface area contributed by atoms with Crippen molar-refractivity contribution in [3.8, 4) is 0 Å². The van der Waals surface area contributed by atoms with Crippen LogP contribution in [-0.4, -0.2) is 57.7 Å². The molecule has 8 heteroatoms. The van der Waals surface area contributed by atoms with E-state index in [-0.39, 0.29) is 12.1 Å². The first-order valence-electron chi connectivity index (χ1n) is 7.51. The maximum Gasteiger partial charge on any atom is 0.410 e. The summed E-state index contributed by atoms with van der Waals surface area (Å²) in [6.07, 6.45) is 0.475. The maximum absolute atomic E-state index is 11.8. The van der Waals surface area contributed by atoms with Crippen LogP contribution < -0.4 is 10.9 Å². The molecule has 1 aromatic rings. The second-order valence-electron chi connectivity index (χ2n) is 6.44. The number of rotatable bonds is 6. The van der Waals surface area contributed by atoms with Crippen molar-refractivity contribution >= 4 is 11.8 Å². The number of amides is 1. The second-order valence-corrected chi connectivity index (χ2v) is 6.44. The van der Waals surface area contributed by atoms with Gasteiger partial charge in [-0.3, -0.25) is 4.79 Å². The topological polar surface area (TPSA) is 96.7 Å². The summed E-state index contributed by atoms with van der Waals surface area (Å²) in [7, 11) is 1.65. The number of ether oxygens (including phenoxy) is 1. The molecule has 0 bridgehead atoms. The number of aliphatic hydroxyl groups is 1. The molecule has 1 atom stereocenters. The molecule has 8 nitrogen and oxygen atoms in total. The molecule has 23 heavy (non-hydrogen) atoms. The molecule has 0 spiro atoms. The van der Waals surface area contributed by atoms with Gasteiger partial charge in [-0.1, -0.05) is 0 Å². The van der Waals surface area contributed by atoms with Crippen LogP contribution in [0.15, 0.2) is 17.1 Å². The van der Waals surface area contributed by atoms with Crippen LogP contribution in [0.3, 0.4) is 0 Å². The molecule has 1 heterocycles. The first-order valence-corrected chi connectivity index (χ1v) is 7.51. The monoisotopic (exact) mass is 326 g/mol. The molecular weight excluding hydrogens is 300 g/mol. The summed E-state index contributed by atoms with van der Waals surface area (Å²) >= 11 is 0. The predicted octanol–water partition coefficient (Wildman–Crippen LogP) is 0.903. The third kappa shape index (κ3) is 7.14. The lowest BCUT2D eigenvalue weighted by Crippen LogP contribution is -2.36. The Morgan fingerprint density at radius 3 is 2.70 bits per heavy atom. The number of anilines is 1. The normalized spacial score (nSPS) is 12.6. The summed E-state index contributed by atoms with van der Waals surface area (Å²) in [6, 6.07) is 1.41. The van der Waals surface area contributed by atoms with E-state index >= 15 is 0 Å². The maximum atomic E-state index is 11.8. The van der Waals surface area contributed by atoms with Crippen molar-refractivity contribution < 1.29 is 14.6 Å². The Kier molecular flexibility index (Phi) is 6.56. The summed E-state index contributed by atoms with van der Waals surface area (Å²) in [6.45, 7) is 8.05. The van der Waals surface area contributed by atoms with Crippen LogP contribution in [-0.2, 0) is 11.3 Å². The minimum absolute atomic E-state index is 0.153. The number of nitrogens with zero attached hydrogens (tertiary/aromatic N) is 3. The van der Waals surface area contributed by atoms with Gasteiger partial charge < -0.3 is 20.1 Å². The Morgan fingerprint density at radius 1 is 1.52 bits per heavy atom. The number of aromatic nitrogens is 2. The van der Waals surface area contributed by atoms with Crippen molar-refractivity contribution in [2.75, 3.05) is 25.5 Å². The molecule has 0 saturated carbocycles. The minimum Gasteiger partial charge on any atom is -0.444 e. The van der Waals surface area contributed by atoms with E-state index in [1.54, 1.807) is 14.0 Å². The second kappa shape index (κ2) is 7.96. The molecule has 1 amide bonds. The van der Waals surface area contributed by atoms with E-state index in [4.69, 9.17) is 4.74 Å². The van der Waals surface area contributed by atoms with Gasteiger partial charge in [-0.05, 0) is 27.7 Å². The number of carbonyl (C=O) groups is 1. The zero-order chi connectivity index (χ0) is 17.6. The molecule has 0 aliphatic carbocycles. The van der Waals surface area contributed by atoms with E-state index in [1.807, 2.05) is 20.8 Å². The fourth-order valence-electron chi connectivity index (χ4n) is 1.72. The summed E-state index contributed by atoms with van der Waals surface area (Å²) in [5.41, 5.74) is -0.261. The molecule has 130 valence electrons. The Labute approximate surface area is 136 Å². The van der Waals surface area contributed by atoms with Gasteiger partial charge in [-0.15, -0.1) is 0 Å². The van der Waals surface area contributed by atoms with Crippen molar-refractivity contribution in [3.05, 3.63) is 22.6 Å². The molecule has 0 aliphatic rings. The van der Waals surface area contributed by atoms with Crippen molar-refractivity contribution in [2.45, 2.75) is 45.9 Å². The fraction of sp³-hybridized carbons (Fsp3) is 0.667. The Morgan fingerprint density at radius 2 is 2.17 bits per heavy atom. The van der Waals surface area contributed by atoms with Crippen LogP contribution in [0.2, 0.25) is 0 Å². The van der Waals surface area contributed by atoms with Crippen LogP contribution >= 0.6 is 0 Å². The van der Waals surface area contributed by atoms with Crippen LogP contribution in [0, 0.1) is 0 Å². The summed E-state index contributed by atoms with van der Waals surface area (Å²) in [5.74, 6) is 0. The Hall–Kier alpha value is -2.09. The van der Waals surface area contributed by atoms with Gasteiger partial charge in [0.05, 0.1) is 24.5 Å². The fourth-order valence-corrected chi connectivity index (χ4v) is 1.72. The van der Waals surface area contributed by atoms with Gasteiger partial charge in [0.15, 0.2) is 0 Å². The predicted molar refractivity (Wildman–Crippen MR) is 87.5 cm³/mol. The van der Waals surface area contributed by atoms with Gasteiger partial charge in [0.1, 0.15) is 5.60 Å². The zero-order valence-electron chi connectivity index (χ0n) is 14.4. The van der Waals surface area contributed by atoms with Gasteiger partial charge in [0, 0.05) is 26.2 Å². The smallest absolute Gasteiger partial charge is 0.410 e. The SMILES string of the molecule is CC(O)Cn1ncc(NCCN(C)C(=O)OC(C)(C)C)cc1=O. The summed E-state index contributed by atoms with van der Waals surface area (Å²) < 4.78 is 6.44. The van der Waals surface area contributed by atoms with Crippen molar-refractivity contribution in [2.24, 2.45) is 0 Å². The number of likely N-dealkylation sites (N-methyl/N-ethyl adjacent to an activating group) is 1. The standard InChI is InChI=1S/C15H26N4O4/c1-11(20)10-19-13(21)8-12(9-17-19)16-6-7-18(5)14(22)23-15(2,3)4/h8-9,11,16,20H,6-7,10H2,1-5H3. The quantitative estimate of drug-likeness (QED) is 0.806. The lowest BCUT2D eigenvalue weighted by Gasteiger charge is -2.24. The highest BCUT2D eigenvalue weighted by Crippen LogP contribution is 2.09. The van der Waals surface area contributed by atoms with E-state index in [1.165, 1.54) is 21.8 Å². The van der Waals surface area contributed by atoms with Crippen LogP contribution in [0.1, 0.15) is 27.7 Å². The van der Waals surface area contributed by atoms with E-state index < -0.39 is 17.8 Å². The Balaban J connectivity index is 2.48. The van der Waals surface area contributed by atoms with E-state index in [0.717, 1.165) is 0 Å². The minimum atomic E-state index is -0.638. The Bertz CT molecular complexity index is 578. The van der Waals surface area contributed by atoms with Crippen molar-refractivity contribution in [1.82, 2.24) is 14.7 Å². The molecule has 0 aliphatic heterocycles. The van der Waals surface area contributed by atoms with Gasteiger partial charge in [0.2, 0.25) is 0 Å². The molecule has 1 rings (SSSR count). The van der Waals surface area contributed by atoms with Crippen LogP contribution in [0.5, 0.6) is 0 Å². The molecular formula is C15H26N4O4. The van der Waals surface area contributed by atoms with E-state index in [2.05, 4.69) is 10.4 Å². The molecule has 1 unspecified atom stereocenters. The molecule has 0 aromatic carbocycles. The highest BCUT2D eigenvalue weighted by Gasteiger charge is 2.19. The first-order chi connectivity index (χ1) is 10.6. The van der Waals surface area contributed by atoms with E-state index in [9.17, 15) is 14.7 Å². The molecule has 2 N–H and O–H groups in total. The number of hydrogen-bond acceptors (Lipinski definition) is 6. The number of hydrogen-bond donors (Lipinski definition) is 2. The van der Waals surface area contributed by atoms with Gasteiger partial charge >= 0.3 is 6.09 Å².